The molecule has 3 aromatic rings. The van der Waals surface area contributed by atoms with Crippen molar-refractivity contribution < 1.29 is 14.4 Å². The fourth-order valence-electron chi connectivity index (χ4n) is 5.02. The lowest BCUT2D eigenvalue weighted by molar-refractivity contribution is -0.125. The first-order valence-corrected chi connectivity index (χ1v) is 12.9. The van der Waals surface area contributed by atoms with E-state index < -0.39 is 17.6 Å². The predicted octanol–water partition coefficient (Wildman–Crippen LogP) is 5.28. The number of hydrogen-bond donors (Lipinski definition) is 3. The van der Waals surface area contributed by atoms with E-state index in [1.165, 1.54) is 4.90 Å². The number of benzene rings is 3. The van der Waals surface area contributed by atoms with Crippen LogP contribution in [0.15, 0.2) is 72.8 Å². The van der Waals surface area contributed by atoms with Gasteiger partial charge in [0.25, 0.3) is 0 Å². The van der Waals surface area contributed by atoms with Crippen LogP contribution in [0.4, 0.5) is 16.2 Å². The summed E-state index contributed by atoms with van der Waals surface area (Å²) in [5.74, 6) is -0.737. The van der Waals surface area contributed by atoms with Crippen molar-refractivity contribution in [2.45, 2.75) is 58.5 Å². The van der Waals surface area contributed by atoms with Crippen LogP contribution in [-0.2, 0) is 9.59 Å². The molecule has 1 heterocycles. The number of nitrogens with one attached hydrogen (secondary N) is 3. The van der Waals surface area contributed by atoms with Crippen molar-refractivity contribution in [1.29, 1.82) is 0 Å². The topological polar surface area (TPSA) is 90.5 Å². The summed E-state index contributed by atoms with van der Waals surface area (Å²) in [6, 6.07) is 22.1. The summed E-state index contributed by atoms with van der Waals surface area (Å²) in [5.41, 5.74) is 4.82. The molecule has 1 aliphatic rings. The van der Waals surface area contributed by atoms with E-state index in [-0.39, 0.29) is 24.3 Å². The van der Waals surface area contributed by atoms with Gasteiger partial charge in [-0.25, -0.2) is 4.79 Å². The van der Waals surface area contributed by atoms with Gasteiger partial charge < -0.3 is 20.9 Å². The van der Waals surface area contributed by atoms with Crippen molar-refractivity contribution in [3.05, 3.63) is 95.1 Å². The third-order valence-corrected chi connectivity index (χ3v) is 6.55. The van der Waals surface area contributed by atoms with Gasteiger partial charge in [-0.05, 0) is 75.4 Å². The highest BCUT2D eigenvalue weighted by molar-refractivity contribution is 6.05. The van der Waals surface area contributed by atoms with Crippen LogP contribution in [0.1, 0.15) is 55.4 Å². The van der Waals surface area contributed by atoms with Crippen LogP contribution >= 0.6 is 0 Å². The number of carbonyl (C=O) groups is 3. The molecule has 7 heteroatoms. The monoisotopic (exact) mass is 512 g/mol. The van der Waals surface area contributed by atoms with Crippen molar-refractivity contribution in [3.63, 3.8) is 0 Å². The number of urea groups is 1. The van der Waals surface area contributed by atoms with Crippen molar-refractivity contribution >= 4 is 29.2 Å². The molecule has 2 unspecified atom stereocenters. The molecule has 3 N–H and O–H groups in total. The summed E-state index contributed by atoms with van der Waals surface area (Å²) in [6.07, 6.45) is 0.359. The molecule has 7 nitrogen and oxygen atoms in total. The zero-order valence-corrected chi connectivity index (χ0v) is 22.7. The zero-order chi connectivity index (χ0) is 27.4. The third-order valence-electron chi connectivity index (χ3n) is 6.55. The molecule has 0 bridgehead atoms. The van der Waals surface area contributed by atoms with Crippen LogP contribution in [0.25, 0.3) is 0 Å². The van der Waals surface area contributed by atoms with Crippen molar-refractivity contribution in [3.8, 4) is 0 Å². The fourth-order valence-corrected chi connectivity index (χ4v) is 5.02. The van der Waals surface area contributed by atoms with Crippen molar-refractivity contribution in [2.24, 2.45) is 0 Å². The Labute approximate surface area is 224 Å². The maximum absolute atomic E-state index is 14.1. The second kappa shape index (κ2) is 11.1. The van der Waals surface area contributed by atoms with E-state index in [0.717, 1.165) is 27.9 Å². The number of rotatable bonds is 5. The number of fused-ring (bicyclic) bond motifs is 1. The minimum absolute atomic E-state index is 0.146. The average molecular weight is 513 g/mol. The van der Waals surface area contributed by atoms with Crippen LogP contribution in [0.5, 0.6) is 0 Å². The molecule has 1 aliphatic heterocycles. The molecular weight excluding hydrogens is 476 g/mol. The smallest absolute Gasteiger partial charge is 0.319 e. The van der Waals surface area contributed by atoms with Crippen LogP contribution in [0.3, 0.4) is 0 Å². The number of anilines is 2. The SMILES string of the molecule is Cc1cccc(NC(=O)NC2CC(c3ccccc3)c3cccc(C)c3N(CC(=O)NC(C)(C)C)C2=O)c1. The largest absolute Gasteiger partial charge is 0.350 e. The number of para-hydroxylation sites is 1. The second-order valence-corrected chi connectivity index (χ2v) is 11.0. The Morgan fingerprint density at radius 3 is 2.34 bits per heavy atom. The van der Waals surface area contributed by atoms with Gasteiger partial charge in [0.1, 0.15) is 12.6 Å². The number of aryl methyl sites for hydroxylation is 2. The minimum Gasteiger partial charge on any atom is -0.350 e. The van der Waals surface area contributed by atoms with E-state index in [1.54, 1.807) is 6.07 Å². The normalized spacial score (nSPS) is 17.3. The molecule has 2 atom stereocenters. The van der Waals surface area contributed by atoms with Crippen LogP contribution in [0, 0.1) is 13.8 Å². The Morgan fingerprint density at radius 1 is 0.947 bits per heavy atom. The van der Waals surface area contributed by atoms with Gasteiger partial charge >= 0.3 is 6.03 Å². The standard InChI is InChI=1S/C31H36N4O3/c1-20-11-9-15-23(17-20)32-30(38)33-26-18-25(22-13-7-6-8-14-22)24-16-10-12-21(2)28(24)35(29(26)37)19-27(36)34-31(3,4)5/h6-17,25-26H,18-19H2,1-5H3,(H,34,36)(H2,32,33,38). The van der Waals surface area contributed by atoms with E-state index in [2.05, 4.69) is 16.0 Å². The molecule has 3 aromatic carbocycles. The summed E-state index contributed by atoms with van der Waals surface area (Å²) in [4.78, 5) is 41.7. The van der Waals surface area contributed by atoms with Gasteiger partial charge in [0.05, 0.1) is 5.69 Å². The van der Waals surface area contributed by atoms with Crippen molar-refractivity contribution in [1.82, 2.24) is 10.6 Å². The minimum atomic E-state index is -0.848. The molecule has 0 saturated heterocycles. The highest BCUT2D eigenvalue weighted by Gasteiger charge is 2.38. The Morgan fingerprint density at radius 2 is 1.66 bits per heavy atom. The van der Waals surface area contributed by atoms with Gasteiger partial charge in [-0.3, -0.25) is 9.59 Å². The quantitative estimate of drug-likeness (QED) is 0.435. The molecule has 0 radical (unpaired) electrons. The van der Waals surface area contributed by atoms with Gasteiger partial charge in [0.2, 0.25) is 11.8 Å². The van der Waals surface area contributed by atoms with Gasteiger partial charge in [0.15, 0.2) is 0 Å². The molecule has 0 fully saturated rings. The lowest BCUT2D eigenvalue weighted by Crippen LogP contribution is -2.53. The third kappa shape index (κ3) is 6.40. The van der Waals surface area contributed by atoms with Crippen molar-refractivity contribution in [2.75, 3.05) is 16.8 Å². The number of carbonyl (C=O) groups excluding carboxylic acids is 3. The molecule has 4 amide bonds. The second-order valence-electron chi connectivity index (χ2n) is 11.0. The van der Waals surface area contributed by atoms with Crippen LogP contribution in [0.2, 0.25) is 0 Å². The number of nitrogens with zero attached hydrogens (tertiary/aromatic N) is 1. The van der Waals surface area contributed by atoms with Gasteiger partial charge in [-0.15, -0.1) is 0 Å². The molecule has 198 valence electrons. The van der Waals surface area contributed by atoms with E-state index in [1.807, 2.05) is 101 Å². The molecule has 0 spiro atoms. The summed E-state index contributed by atoms with van der Waals surface area (Å²) in [7, 11) is 0. The molecule has 0 aliphatic carbocycles. The van der Waals surface area contributed by atoms with Gasteiger partial charge in [0, 0.05) is 17.1 Å². The summed E-state index contributed by atoms with van der Waals surface area (Å²) < 4.78 is 0. The Balaban J connectivity index is 1.73. The zero-order valence-electron chi connectivity index (χ0n) is 22.7. The number of amides is 4. The molecular formula is C31H36N4O3. The highest BCUT2D eigenvalue weighted by atomic mass is 16.2. The highest BCUT2D eigenvalue weighted by Crippen LogP contribution is 2.40. The fraction of sp³-hybridized carbons (Fsp3) is 0.323. The van der Waals surface area contributed by atoms with Crippen LogP contribution < -0.4 is 20.9 Å². The molecule has 0 aromatic heterocycles. The molecule has 38 heavy (non-hydrogen) atoms. The predicted molar refractivity (Wildman–Crippen MR) is 151 cm³/mol. The average Bonchev–Trinajstić information content (AvgIpc) is 2.94. The van der Waals surface area contributed by atoms with Gasteiger partial charge in [-0.1, -0.05) is 60.7 Å². The summed E-state index contributed by atoms with van der Waals surface area (Å²) >= 11 is 0. The van der Waals surface area contributed by atoms with Crippen LogP contribution in [-0.4, -0.2) is 36.0 Å². The van der Waals surface area contributed by atoms with E-state index in [0.29, 0.717) is 12.1 Å². The summed E-state index contributed by atoms with van der Waals surface area (Å²) in [5, 5.41) is 8.72. The Kier molecular flexibility index (Phi) is 7.86. The summed E-state index contributed by atoms with van der Waals surface area (Å²) in [6.45, 7) is 9.45. The molecule has 0 saturated carbocycles. The number of hydrogen-bond acceptors (Lipinski definition) is 3. The first-order chi connectivity index (χ1) is 18.0. The lowest BCUT2D eigenvalue weighted by Gasteiger charge is -2.29. The van der Waals surface area contributed by atoms with E-state index in [4.69, 9.17) is 0 Å². The lowest BCUT2D eigenvalue weighted by atomic mass is 9.85. The maximum atomic E-state index is 14.1. The molecule has 4 rings (SSSR count). The van der Waals surface area contributed by atoms with E-state index in [9.17, 15) is 14.4 Å². The first-order valence-electron chi connectivity index (χ1n) is 12.9. The van der Waals surface area contributed by atoms with E-state index >= 15 is 0 Å². The Bertz CT molecular complexity index is 1330. The van der Waals surface area contributed by atoms with Gasteiger partial charge in [-0.2, -0.15) is 0 Å². The maximum Gasteiger partial charge on any atom is 0.319 e. The first kappa shape index (κ1) is 26.9. The Hall–Kier alpha value is -4.13.